The molecule has 98 valence electrons. The third-order valence-corrected chi connectivity index (χ3v) is 3.73. The number of nitrogens with zero attached hydrogens (tertiary/aromatic N) is 1. The van der Waals surface area contributed by atoms with Crippen LogP contribution >= 0.6 is 23.4 Å². The minimum absolute atomic E-state index is 0.0528. The number of nitro groups is 1. The fraction of sp³-hybridized carbons (Fsp3) is 0.0769. The van der Waals surface area contributed by atoms with Gasteiger partial charge in [0.1, 0.15) is 5.75 Å². The third-order valence-electron chi connectivity index (χ3n) is 2.45. The first-order valence-corrected chi connectivity index (χ1v) is 6.77. The highest BCUT2D eigenvalue weighted by Crippen LogP contribution is 2.31. The minimum Gasteiger partial charge on any atom is -0.508 e. The summed E-state index contributed by atoms with van der Waals surface area (Å²) in [4.78, 5) is 11.3. The van der Waals surface area contributed by atoms with Crippen LogP contribution in [0.1, 0.15) is 5.56 Å². The van der Waals surface area contributed by atoms with Gasteiger partial charge in [-0.1, -0.05) is 17.7 Å². The summed E-state index contributed by atoms with van der Waals surface area (Å²) in [6.45, 7) is 0. The van der Waals surface area contributed by atoms with Crippen LogP contribution in [0.2, 0.25) is 5.02 Å². The molecule has 0 unspecified atom stereocenters. The van der Waals surface area contributed by atoms with Gasteiger partial charge in [-0.15, -0.1) is 11.8 Å². The molecule has 0 saturated carbocycles. The Hall–Kier alpha value is -1.72. The Morgan fingerprint density at radius 2 is 2.05 bits per heavy atom. The van der Waals surface area contributed by atoms with Crippen LogP contribution in [0.5, 0.6) is 5.75 Å². The quantitative estimate of drug-likeness (QED) is 0.520. The van der Waals surface area contributed by atoms with Crippen LogP contribution in [-0.4, -0.2) is 10.0 Å². The van der Waals surface area contributed by atoms with Crippen molar-refractivity contribution in [1.29, 1.82) is 0 Å². The van der Waals surface area contributed by atoms with Crippen LogP contribution in [0.3, 0.4) is 0 Å². The summed E-state index contributed by atoms with van der Waals surface area (Å²) in [6, 6.07) is 11.2. The molecule has 6 heteroatoms. The highest BCUT2D eigenvalue weighted by molar-refractivity contribution is 7.98. The van der Waals surface area contributed by atoms with E-state index in [2.05, 4.69) is 0 Å². The Balaban J connectivity index is 2.19. The van der Waals surface area contributed by atoms with Crippen LogP contribution in [0.15, 0.2) is 47.4 Å². The fourth-order valence-electron chi connectivity index (χ4n) is 1.58. The van der Waals surface area contributed by atoms with Crippen molar-refractivity contribution in [3.05, 3.63) is 63.2 Å². The minimum atomic E-state index is -0.422. The van der Waals surface area contributed by atoms with Gasteiger partial charge >= 0.3 is 0 Å². The molecule has 2 aromatic rings. The van der Waals surface area contributed by atoms with Crippen molar-refractivity contribution >= 4 is 29.1 Å². The zero-order valence-corrected chi connectivity index (χ0v) is 11.3. The van der Waals surface area contributed by atoms with Crippen molar-refractivity contribution in [3.63, 3.8) is 0 Å². The van der Waals surface area contributed by atoms with Gasteiger partial charge in [0.15, 0.2) is 0 Å². The highest BCUT2D eigenvalue weighted by atomic mass is 35.5. The SMILES string of the molecule is O=[N+]([O-])c1ccc(Cl)cc1CSc1cccc(O)c1. The van der Waals surface area contributed by atoms with Crippen molar-refractivity contribution in [2.75, 3.05) is 0 Å². The van der Waals surface area contributed by atoms with Gasteiger partial charge in [-0.3, -0.25) is 10.1 Å². The lowest BCUT2D eigenvalue weighted by atomic mass is 10.2. The fourth-order valence-corrected chi connectivity index (χ4v) is 2.71. The van der Waals surface area contributed by atoms with E-state index in [0.717, 1.165) is 4.90 Å². The Kier molecular flexibility index (Phi) is 4.29. The number of phenolic OH excluding ortho intramolecular Hbond substituents is 1. The van der Waals surface area contributed by atoms with E-state index in [1.165, 1.54) is 23.9 Å². The number of benzene rings is 2. The van der Waals surface area contributed by atoms with Crippen LogP contribution in [0.4, 0.5) is 5.69 Å². The second-order valence-electron chi connectivity index (χ2n) is 3.82. The molecule has 4 nitrogen and oxygen atoms in total. The average Bonchev–Trinajstić information content (AvgIpc) is 2.36. The molecule has 0 saturated heterocycles. The molecule has 1 N–H and O–H groups in total. The van der Waals surface area contributed by atoms with Gasteiger partial charge in [0, 0.05) is 27.3 Å². The molecule has 0 aliphatic rings. The summed E-state index contributed by atoms with van der Waals surface area (Å²) >= 11 is 7.26. The van der Waals surface area contributed by atoms with Gasteiger partial charge in [-0.25, -0.2) is 0 Å². The van der Waals surface area contributed by atoms with Crippen LogP contribution in [0.25, 0.3) is 0 Å². The summed E-state index contributed by atoms with van der Waals surface area (Å²) in [6.07, 6.45) is 0. The number of aromatic hydroxyl groups is 1. The van der Waals surface area contributed by atoms with E-state index in [1.807, 2.05) is 6.07 Å². The topological polar surface area (TPSA) is 63.4 Å². The summed E-state index contributed by atoms with van der Waals surface area (Å²) < 4.78 is 0. The summed E-state index contributed by atoms with van der Waals surface area (Å²) in [5.74, 6) is 0.589. The van der Waals surface area contributed by atoms with Gasteiger partial charge in [0.25, 0.3) is 5.69 Å². The number of hydrogen-bond donors (Lipinski definition) is 1. The smallest absolute Gasteiger partial charge is 0.273 e. The van der Waals surface area contributed by atoms with E-state index in [9.17, 15) is 15.2 Å². The molecule has 0 aliphatic carbocycles. The standard InChI is InChI=1S/C13H10ClNO3S/c14-10-4-5-13(15(17)18)9(6-10)8-19-12-3-1-2-11(16)7-12/h1-7,16H,8H2. The third kappa shape index (κ3) is 3.62. The molecule has 0 radical (unpaired) electrons. The van der Waals surface area contributed by atoms with Gasteiger partial charge in [-0.05, 0) is 30.3 Å². The Morgan fingerprint density at radius 1 is 1.26 bits per heavy atom. The van der Waals surface area contributed by atoms with Gasteiger partial charge in [0.05, 0.1) is 4.92 Å². The second kappa shape index (κ2) is 5.95. The molecular formula is C13H10ClNO3S. The largest absolute Gasteiger partial charge is 0.508 e. The molecule has 0 fully saturated rings. The zero-order valence-electron chi connectivity index (χ0n) is 9.75. The molecule has 2 rings (SSSR count). The van der Waals surface area contributed by atoms with Gasteiger partial charge < -0.3 is 5.11 Å². The predicted octanol–water partition coefficient (Wildman–Crippen LogP) is 4.25. The monoisotopic (exact) mass is 295 g/mol. The molecular weight excluding hydrogens is 286 g/mol. The molecule has 0 amide bonds. The first kappa shape index (κ1) is 13.7. The number of phenols is 1. The molecule has 0 heterocycles. The van der Waals surface area contributed by atoms with Crippen LogP contribution < -0.4 is 0 Å². The van der Waals surface area contributed by atoms with E-state index < -0.39 is 4.92 Å². The zero-order chi connectivity index (χ0) is 13.8. The Labute approximate surface area is 119 Å². The Bertz CT molecular complexity index is 619. The van der Waals surface area contributed by atoms with E-state index >= 15 is 0 Å². The lowest BCUT2D eigenvalue weighted by Gasteiger charge is -2.04. The Morgan fingerprint density at radius 3 is 2.74 bits per heavy atom. The van der Waals surface area contributed by atoms with Crippen LogP contribution in [0, 0.1) is 10.1 Å². The van der Waals surface area contributed by atoms with E-state index in [1.54, 1.807) is 24.3 Å². The normalized spacial score (nSPS) is 10.4. The molecule has 0 aliphatic heterocycles. The lowest BCUT2D eigenvalue weighted by molar-refractivity contribution is -0.385. The van der Waals surface area contributed by atoms with Gasteiger partial charge in [-0.2, -0.15) is 0 Å². The number of nitro benzene ring substituents is 1. The molecule has 0 atom stereocenters. The number of rotatable bonds is 4. The molecule has 19 heavy (non-hydrogen) atoms. The maximum Gasteiger partial charge on any atom is 0.273 e. The first-order valence-electron chi connectivity index (χ1n) is 5.41. The van der Waals surface area contributed by atoms with Crippen molar-refractivity contribution in [1.82, 2.24) is 0 Å². The highest BCUT2D eigenvalue weighted by Gasteiger charge is 2.14. The number of hydrogen-bond acceptors (Lipinski definition) is 4. The average molecular weight is 296 g/mol. The van der Waals surface area contributed by atoms with E-state index in [0.29, 0.717) is 16.3 Å². The number of halogens is 1. The van der Waals surface area contributed by atoms with E-state index in [4.69, 9.17) is 11.6 Å². The van der Waals surface area contributed by atoms with Crippen LogP contribution in [-0.2, 0) is 5.75 Å². The summed E-state index contributed by atoms with van der Waals surface area (Å²) in [5.41, 5.74) is 0.614. The predicted molar refractivity (Wildman–Crippen MR) is 75.8 cm³/mol. The maximum absolute atomic E-state index is 10.9. The molecule has 2 aromatic carbocycles. The van der Waals surface area contributed by atoms with Gasteiger partial charge in [0.2, 0.25) is 0 Å². The van der Waals surface area contributed by atoms with Crippen molar-refractivity contribution in [2.45, 2.75) is 10.6 Å². The second-order valence-corrected chi connectivity index (χ2v) is 5.30. The molecule has 0 aromatic heterocycles. The summed E-state index contributed by atoms with van der Waals surface area (Å²) in [5, 5.41) is 20.7. The number of thioether (sulfide) groups is 1. The first-order chi connectivity index (χ1) is 9.06. The maximum atomic E-state index is 10.9. The van der Waals surface area contributed by atoms with Crippen molar-refractivity contribution in [2.24, 2.45) is 0 Å². The lowest BCUT2D eigenvalue weighted by Crippen LogP contribution is -1.94. The molecule has 0 spiro atoms. The van der Waals surface area contributed by atoms with E-state index in [-0.39, 0.29) is 11.4 Å². The summed E-state index contributed by atoms with van der Waals surface area (Å²) in [7, 11) is 0. The van der Waals surface area contributed by atoms with Crippen molar-refractivity contribution < 1.29 is 10.0 Å². The molecule has 0 bridgehead atoms. The van der Waals surface area contributed by atoms with Crippen molar-refractivity contribution in [3.8, 4) is 5.75 Å².